The Morgan fingerprint density at radius 1 is 1.42 bits per heavy atom. The molecular formula is C12H14N4O2S. The van der Waals surface area contributed by atoms with Crippen molar-refractivity contribution in [2.75, 3.05) is 13.1 Å². The molecule has 1 aliphatic rings. The molecule has 2 aromatic heterocycles. The van der Waals surface area contributed by atoms with Gasteiger partial charge in [0.15, 0.2) is 0 Å². The van der Waals surface area contributed by atoms with Crippen LogP contribution in [-0.2, 0) is 0 Å². The Morgan fingerprint density at radius 3 is 2.79 bits per heavy atom. The number of carbonyl (C=O) groups excluding carboxylic acids is 1. The Hall–Kier alpha value is -1.89. The molecule has 2 N–H and O–H groups in total. The molecule has 19 heavy (non-hydrogen) atoms. The van der Waals surface area contributed by atoms with Gasteiger partial charge in [-0.15, -0.1) is 0 Å². The molecule has 1 aliphatic heterocycles. The van der Waals surface area contributed by atoms with Gasteiger partial charge in [-0.1, -0.05) is 11.3 Å². The lowest BCUT2D eigenvalue weighted by atomic mass is 9.94. The second kappa shape index (κ2) is 5.00. The highest BCUT2D eigenvalue weighted by atomic mass is 32.1. The topological polar surface area (TPSA) is 81.8 Å². The number of hydrogen-bond acceptors (Lipinski definition) is 4. The summed E-state index contributed by atoms with van der Waals surface area (Å²) < 4.78 is 0. The van der Waals surface area contributed by atoms with Gasteiger partial charge in [0.2, 0.25) is 0 Å². The predicted octanol–water partition coefficient (Wildman–Crippen LogP) is 1.18. The van der Waals surface area contributed by atoms with Crippen LogP contribution in [0.5, 0.6) is 0 Å². The standard InChI is InChI=1S/C12H14N4O2S/c17-11(10-6-19-12(18)15-10)16-3-1-8(2-4-16)9-5-13-7-14-9/h5-8H,1-4H2,(H,13,14)(H,15,18). The molecule has 6 nitrogen and oxygen atoms in total. The van der Waals surface area contributed by atoms with Crippen LogP contribution in [0.25, 0.3) is 0 Å². The smallest absolute Gasteiger partial charge is 0.305 e. The van der Waals surface area contributed by atoms with Crippen LogP contribution in [0.4, 0.5) is 0 Å². The lowest BCUT2D eigenvalue weighted by molar-refractivity contribution is 0.0707. The number of carbonyl (C=O) groups is 1. The van der Waals surface area contributed by atoms with Gasteiger partial charge in [-0.25, -0.2) is 4.98 Å². The van der Waals surface area contributed by atoms with Crippen LogP contribution in [0.15, 0.2) is 22.7 Å². The molecule has 7 heteroatoms. The lowest BCUT2D eigenvalue weighted by Crippen LogP contribution is -2.38. The first-order valence-corrected chi connectivity index (χ1v) is 7.07. The number of H-pyrrole nitrogens is 2. The quantitative estimate of drug-likeness (QED) is 0.865. The van der Waals surface area contributed by atoms with Gasteiger partial charge in [-0.05, 0) is 12.8 Å². The van der Waals surface area contributed by atoms with E-state index in [9.17, 15) is 9.59 Å². The van der Waals surface area contributed by atoms with Gasteiger partial charge in [-0.3, -0.25) is 9.59 Å². The van der Waals surface area contributed by atoms with Crippen LogP contribution in [0.1, 0.15) is 34.9 Å². The van der Waals surface area contributed by atoms with Crippen molar-refractivity contribution in [3.63, 3.8) is 0 Å². The first-order valence-electron chi connectivity index (χ1n) is 6.19. The highest BCUT2D eigenvalue weighted by Crippen LogP contribution is 2.26. The first kappa shape index (κ1) is 12.2. The van der Waals surface area contributed by atoms with E-state index < -0.39 is 0 Å². The van der Waals surface area contributed by atoms with E-state index in [1.54, 1.807) is 16.6 Å². The number of hydrogen-bond donors (Lipinski definition) is 2. The second-order valence-electron chi connectivity index (χ2n) is 4.64. The molecule has 0 aromatic carbocycles. The maximum absolute atomic E-state index is 12.1. The molecule has 1 fully saturated rings. The third-order valence-corrected chi connectivity index (χ3v) is 4.16. The molecule has 3 heterocycles. The fourth-order valence-electron chi connectivity index (χ4n) is 2.44. The summed E-state index contributed by atoms with van der Waals surface area (Å²) in [5.41, 5.74) is 1.53. The number of thiazole rings is 1. The molecule has 0 bridgehead atoms. The van der Waals surface area contributed by atoms with E-state index in [-0.39, 0.29) is 10.8 Å². The molecule has 0 aliphatic carbocycles. The Kier molecular flexibility index (Phi) is 3.20. The maximum atomic E-state index is 12.1. The monoisotopic (exact) mass is 278 g/mol. The van der Waals surface area contributed by atoms with E-state index >= 15 is 0 Å². The summed E-state index contributed by atoms with van der Waals surface area (Å²) in [4.78, 5) is 34.5. The third-order valence-electron chi connectivity index (χ3n) is 3.49. The molecule has 1 saturated heterocycles. The van der Waals surface area contributed by atoms with Crippen molar-refractivity contribution in [3.05, 3.63) is 39.0 Å². The molecule has 0 saturated carbocycles. The second-order valence-corrected chi connectivity index (χ2v) is 5.48. The zero-order valence-corrected chi connectivity index (χ0v) is 11.1. The predicted molar refractivity (Wildman–Crippen MR) is 71.4 cm³/mol. The van der Waals surface area contributed by atoms with E-state index in [2.05, 4.69) is 15.0 Å². The summed E-state index contributed by atoms with van der Waals surface area (Å²) in [7, 11) is 0. The van der Waals surface area contributed by atoms with Crippen molar-refractivity contribution < 1.29 is 4.79 Å². The minimum atomic E-state index is -0.185. The number of amides is 1. The Balaban J connectivity index is 1.64. The number of likely N-dealkylation sites (tertiary alicyclic amines) is 1. The molecular weight excluding hydrogens is 264 g/mol. The van der Waals surface area contributed by atoms with E-state index in [0.717, 1.165) is 29.9 Å². The van der Waals surface area contributed by atoms with E-state index in [4.69, 9.17) is 0 Å². The van der Waals surface area contributed by atoms with Gasteiger partial charge in [-0.2, -0.15) is 0 Å². The number of piperidine rings is 1. The van der Waals surface area contributed by atoms with Crippen molar-refractivity contribution in [2.45, 2.75) is 18.8 Å². The van der Waals surface area contributed by atoms with Crippen LogP contribution < -0.4 is 4.87 Å². The van der Waals surface area contributed by atoms with Gasteiger partial charge in [0, 0.05) is 36.3 Å². The van der Waals surface area contributed by atoms with Crippen LogP contribution in [0, 0.1) is 0 Å². The van der Waals surface area contributed by atoms with Crippen molar-refractivity contribution in [1.29, 1.82) is 0 Å². The normalized spacial score (nSPS) is 16.7. The summed E-state index contributed by atoms with van der Waals surface area (Å²) in [5.74, 6) is 0.356. The van der Waals surface area contributed by atoms with E-state index in [0.29, 0.717) is 24.7 Å². The van der Waals surface area contributed by atoms with Gasteiger partial charge in [0.1, 0.15) is 5.69 Å². The Labute approximate surface area is 113 Å². The van der Waals surface area contributed by atoms with Crippen molar-refractivity contribution in [1.82, 2.24) is 19.9 Å². The molecule has 0 unspecified atom stereocenters. The summed E-state index contributed by atoms with van der Waals surface area (Å²) in [6.07, 6.45) is 5.37. The van der Waals surface area contributed by atoms with E-state index in [1.807, 2.05) is 6.20 Å². The van der Waals surface area contributed by atoms with Gasteiger partial charge < -0.3 is 14.9 Å². The molecule has 2 aromatic rings. The Bertz CT molecular complexity index is 608. The zero-order valence-electron chi connectivity index (χ0n) is 10.3. The van der Waals surface area contributed by atoms with Crippen LogP contribution in [-0.4, -0.2) is 38.8 Å². The molecule has 0 atom stereocenters. The zero-order chi connectivity index (χ0) is 13.2. The summed E-state index contributed by atoms with van der Waals surface area (Å²) in [5, 5.41) is 1.59. The fourth-order valence-corrected chi connectivity index (χ4v) is 2.99. The molecule has 3 rings (SSSR count). The number of nitrogens with one attached hydrogen (secondary N) is 2. The number of aromatic nitrogens is 3. The third kappa shape index (κ3) is 2.46. The summed E-state index contributed by atoms with van der Waals surface area (Å²) in [6.45, 7) is 1.42. The SMILES string of the molecule is O=C(c1csc(=O)[nH]1)N1CCC(c2cnc[nH]2)CC1. The number of rotatable bonds is 2. The van der Waals surface area contributed by atoms with Gasteiger partial charge in [0.05, 0.1) is 6.33 Å². The minimum absolute atomic E-state index is 0.0820. The molecule has 100 valence electrons. The van der Waals surface area contributed by atoms with Crippen LogP contribution in [0.2, 0.25) is 0 Å². The average Bonchev–Trinajstić information content (AvgIpc) is 3.09. The van der Waals surface area contributed by atoms with E-state index in [1.165, 1.54) is 0 Å². The van der Waals surface area contributed by atoms with Crippen LogP contribution >= 0.6 is 11.3 Å². The largest absolute Gasteiger partial charge is 0.348 e. The van der Waals surface area contributed by atoms with Crippen molar-refractivity contribution in [2.24, 2.45) is 0 Å². The first-order chi connectivity index (χ1) is 9.24. The molecule has 0 radical (unpaired) electrons. The highest BCUT2D eigenvalue weighted by molar-refractivity contribution is 7.07. The Morgan fingerprint density at radius 2 is 2.21 bits per heavy atom. The molecule has 1 amide bonds. The number of aromatic amines is 2. The fraction of sp³-hybridized carbons (Fsp3) is 0.417. The summed E-state index contributed by atoms with van der Waals surface area (Å²) in [6, 6.07) is 0. The van der Waals surface area contributed by atoms with Crippen LogP contribution in [0.3, 0.4) is 0 Å². The van der Waals surface area contributed by atoms with Crippen molar-refractivity contribution in [3.8, 4) is 0 Å². The number of imidazole rings is 1. The molecule has 0 spiro atoms. The lowest BCUT2D eigenvalue weighted by Gasteiger charge is -2.31. The number of nitrogens with zero attached hydrogens (tertiary/aromatic N) is 2. The van der Waals surface area contributed by atoms with Gasteiger partial charge >= 0.3 is 4.87 Å². The van der Waals surface area contributed by atoms with Crippen molar-refractivity contribution >= 4 is 17.2 Å². The highest BCUT2D eigenvalue weighted by Gasteiger charge is 2.25. The maximum Gasteiger partial charge on any atom is 0.305 e. The average molecular weight is 278 g/mol. The minimum Gasteiger partial charge on any atom is -0.348 e. The summed E-state index contributed by atoms with van der Waals surface area (Å²) >= 11 is 1.02. The van der Waals surface area contributed by atoms with Gasteiger partial charge in [0.25, 0.3) is 5.91 Å².